The standard InChI is InChI=1S/C20H21N3O/c24-20-14-23(13-18(20)10-15-4-7-21-8-5-15)12-17-3-1-2-16-11-22-9-6-19(16)17/h1-9,11,18,20,24H,10,12-14H2/t18-,20-/m1/s1. The normalized spacial score (nSPS) is 21.4. The van der Waals surface area contributed by atoms with E-state index in [1.807, 2.05) is 36.9 Å². The molecule has 4 rings (SSSR count). The van der Waals surface area contributed by atoms with Gasteiger partial charge in [0.1, 0.15) is 0 Å². The summed E-state index contributed by atoms with van der Waals surface area (Å²) in [5.41, 5.74) is 2.54. The quantitative estimate of drug-likeness (QED) is 0.803. The Hall–Kier alpha value is -2.30. The van der Waals surface area contributed by atoms with Crippen LogP contribution >= 0.6 is 0 Å². The first-order valence-electron chi connectivity index (χ1n) is 8.40. The monoisotopic (exact) mass is 319 g/mol. The number of aliphatic hydroxyl groups is 1. The average Bonchev–Trinajstić information content (AvgIpc) is 2.95. The van der Waals surface area contributed by atoms with Gasteiger partial charge in [-0.05, 0) is 41.1 Å². The van der Waals surface area contributed by atoms with Gasteiger partial charge in [-0.25, -0.2) is 0 Å². The molecule has 1 saturated heterocycles. The highest BCUT2D eigenvalue weighted by Crippen LogP contribution is 2.25. The maximum Gasteiger partial charge on any atom is 0.0710 e. The van der Waals surface area contributed by atoms with E-state index in [2.05, 4.69) is 39.1 Å². The van der Waals surface area contributed by atoms with E-state index < -0.39 is 0 Å². The summed E-state index contributed by atoms with van der Waals surface area (Å²) in [6, 6.07) is 12.5. The summed E-state index contributed by atoms with van der Waals surface area (Å²) in [5.74, 6) is 0.282. The summed E-state index contributed by atoms with van der Waals surface area (Å²) < 4.78 is 0. The number of aliphatic hydroxyl groups excluding tert-OH is 1. The van der Waals surface area contributed by atoms with Crippen molar-refractivity contribution in [2.45, 2.75) is 19.1 Å². The number of aromatic nitrogens is 2. The molecule has 1 N–H and O–H groups in total. The van der Waals surface area contributed by atoms with Gasteiger partial charge in [-0.1, -0.05) is 18.2 Å². The predicted molar refractivity (Wildman–Crippen MR) is 94.5 cm³/mol. The first kappa shape index (κ1) is 15.2. The molecule has 0 amide bonds. The Labute approximate surface area is 141 Å². The third-order valence-electron chi connectivity index (χ3n) is 4.89. The number of hydrogen-bond acceptors (Lipinski definition) is 4. The Balaban J connectivity index is 1.48. The predicted octanol–water partition coefficient (Wildman–Crippen LogP) is 2.67. The number of rotatable bonds is 4. The maximum atomic E-state index is 10.4. The molecule has 0 aliphatic carbocycles. The zero-order valence-corrected chi connectivity index (χ0v) is 13.5. The molecule has 4 nitrogen and oxygen atoms in total. The van der Waals surface area contributed by atoms with Crippen LogP contribution in [0.25, 0.3) is 10.8 Å². The lowest BCUT2D eigenvalue weighted by molar-refractivity contribution is 0.141. The third-order valence-corrected chi connectivity index (χ3v) is 4.89. The molecule has 0 saturated carbocycles. The van der Waals surface area contributed by atoms with E-state index in [9.17, 15) is 5.11 Å². The summed E-state index contributed by atoms with van der Waals surface area (Å²) in [5, 5.41) is 12.9. The van der Waals surface area contributed by atoms with Crippen LogP contribution in [0.3, 0.4) is 0 Å². The summed E-state index contributed by atoms with van der Waals surface area (Å²) in [4.78, 5) is 10.6. The number of pyridine rings is 2. The van der Waals surface area contributed by atoms with Crippen LogP contribution in [0, 0.1) is 5.92 Å². The van der Waals surface area contributed by atoms with Gasteiger partial charge in [0.15, 0.2) is 0 Å². The molecule has 0 radical (unpaired) electrons. The van der Waals surface area contributed by atoms with Crippen LogP contribution in [-0.2, 0) is 13.0 Å². The smallest absolute Gasteiger partial charge is 0.0710 e. The number of nitrogens with zero attached hydrogens (tertiary/aromatic N) is 3. The van der Waals surface area contributed by atoms with Gasteiger partial charge in [0, 0.05) is 55.7 Å². The summed E-state index contributed by atoms with van der Waals surface area (Å²) >= 11 is 0. The maximum absolute atomic E-state index is 10.4. The van der Waals surface area contributed by atoms with E-state index in [0.29, 0.717) is 0 Å². The molecular weight excluding hydrogens is 298 g/mol. The molecule has 24 heavy (non-hydrogen) atoms. The highest BCUT2D eigenvalue weighted by Gasteiger charge is 2.31. The van der Waals surface area contributed by atoms with Crippen molar-refractivity contribution in [1.82, 2.24) is 14.9 Å². The molecule has 4 heteroatoms. The van der Waals surface area contributed by atoms with Crippen LogP contribution in [0.5, 0.6) is 0 Å². The van der Waals surface area contributed by atoms with Gasteiger partial charge in [-0.15, -0.1) is 0 Å². The Kier molecular flexibility index (Phi) is 4.24. The molecule has 1 aliphatic heterocycles. The number of fused-ring (bicyclic) bond motifs is 1. The number of hydrogen-bond donors (Lipinski definition) is 1. The van der Waals surface area contributed by atoms with Crippen molar-refractivity contribution in [3.05, 3.63) is 72.3 Å². The highest BCUT2D eigenvalue weighted by molar-refractivity contribution is 5.84. The van der Waals surface area contributed by atoms with Crippen molar-refractivity contribution >= 4 is 10.8 Å². The fourth-order valence-electron chi connectivity index (χ4n) is 3.66. The largest absolute Gasteiger partial charge is 0.391 e. The van der Waals surface area contributed by atoms with E-state index >= 15 is 0 Å². The second-order valence-corrected chi connectivity index (χ2v) is 6.60. The molecule has 0 unspecified atom stereocenters. The summed E-state index contributed by atoms with van der Waals surface area (Å²) in [6.45, 7) is 2.52. The van der Waals surface area contributed by atoms with Crippen molar-refractivity contribution in [1.29, 1.82) is 0 Å². The molecule has 122 valence electrons. The second-order valence-electron chi connectivity index (χ2n) is 6.60. The molecule has 2 atom stereocenters. The molecule has 1 aromatic carbocycles. The van der Waals surface area contributed by atoms with Crippen LogP contribution in [-0.4, -0.2) is 39.2 Å². The number of likely N-dealkylation sites (tertiary alicyclic amines) is 1. The van der Waals surface area contributed by atoms with Gasteiger partial charge < -0.3 is 5.11 Å². The molecule has 0 spiro atoms. The van der Waals surface area contributed by atoms with Gasteiger partial charge >= 0.3 is 0 Å². The molecular formula is C20H21N3O. The molecule has 2 aromatic heterocycles. The van der Waals surface area contributed by atoms with Crippen molar-refractivity contribution in [3.63, 3.8) is 0 Å². The zero-order chi connectivity index (χ0) is 16.4. The van der Waals surface area contributed by atoms with Crippen LogP contribution < -0.4 is 0 Å². The Bertz CT molecular complexity index is 816. The minimum absolute atomic E-state index is 0.269. The Morgan fingerprint density at radius 2 is 1.83 bits per heavy atom. The van der Waals surface area contributed by atoms with Gasteiger partial charge in [0.05, 0.1) is 6.10 Å². The first-order valence-corrected chi connectivity index (χ1v) is 8.40. The minimum atomic E-state index is -0.269. The van der Waals surface area contributed by atoms with E-state index in [0.717, 1.165) is 26.1 Å². The van der Waals surface area contributed by atoms with E-state index in [-0.39, 0.29) is 12.0 Å². The van der Waals surface area contributed by atoms with Crippen molar-refractivity contribution in [2.75, 3.05) is 13.1 Å². The Morgan fingerprint density at radius 1 is 1.00 bits per heavy atom. The van der Waals surface area contributed by atoms with Crippen LogP contribution in [0.15, 0.2) is 61.2 Å². The average molecular weight is 319 g/mol. The van der Waals surface area contributed by atoms with Gasteiger partial charge in [-0.2, -0.15) is 0 Å². The topological polar surface area (TPSA) is 49.2 Å². The zero-order valence-electron chi connectivity index (χ0n) is 13.5. The van der Waals surface area contributed by atoms with Crippen LogP contribution in [0.1, 0.15) is 11.1 Å². The van der Waals surface area contributed by atoms with E-state index in [1.54, 1.807) is 0 Å². The summed E-state index contributed by atoms with van der Waals surface area (Å²) in [7, 11) is 0. The lowest BCUT2D eigenvalue weighted by atomic mass is 9.97. The third kappa shape index (κ3) is 3.16. The fourth-order valence-corrected chi connectivity index (χ4v) is 3.66. The lowest BCUT2D eigenvalue weighted by Gasteiger charge is -2.17. The van der Waals surface area contributed by atoms with Crippen molar-refractivity contribution in [3.8, 4) is 0 Å². The lowest BCUT2D eigenvalue weighted by Crippen LogP contribution is -2.21. The second kappa shape index (κ2) is 6.67. The molecule has 3 heterocycles. The number of benzene rings is 1. The first-order chi connectivity index (χ1) is 11.8. The number of β-amino-alcohol motifs (C(OH)–C–C–N with tert-alkyl or cyclic N) is 1. The SMILES string of the molecule is O[C@@H]1CN(Cc2cccc3cnccc23)C[C@H]1Cc1ccncc1. The molecule has 1 fully saturated rings. The van der Waals surface area contributed by atoms with E-state index in [4.69, 9.17) is 0 Å². The van der Waals surface area contributed by atoms with Gasteiger partial charge in [0.25, 0.3) is 0 Å². The van der Waals surface area contributed by atoms with Gasteiger partial charge in [0.2, 0.25) is 0 Å². The molecule has 3 aromatic rings. The molecule has 1 aliphatic rings. The van der Waals surface area contributed by atoms with Crippen LogP contribution in [0.2, 0.25) is 0 Å². The molecule has 0 bridgehead atoms. The fraction of sp³-hybridized carbons (Fsp3) is 0.300. The highest BCUT2D eigenvalue weighted by atomic mass is 16.3. The minimum Gasteiger partial charge on any atom is -0.391 e. The van der Waals surface area contributed by atoms with Crippen molar-refractivity contribution in [2.24, 2.45) is 5.92 Å². The van der Waals surface area contributed by atoms with Gasteiger partial charge in [-0.3, -0.25) is 14.9 Å². The van der Waals surface area contributed by atoms with Crippen molar-refractivity contribution < 1.29 is 5.11 Å². The Morgan fingerprint density at radius 3 is 2.71 bits per heavy atom. The van der Waals surface area contributed by atoms with E-state index in [1.165, 1.54) is 21.9 Å². The van der Waals surface area contributed by atoms with Crippen LogP contribution in [0.4, 0.5) is 0 Å². The summed E-state index contributed by atoms with van der Waals surface area (Å²) in [6.07, 6.45) is 8.02.